The number of aromatic nitrogens is 3. The predicted octanol–water partition coefficient (Wildman–Crippen LogP) is 4.00. The zero-order chi connectivity index (χ0) is 18.9. The van der Waals surface area contributed by atoms with Crippen LogP contribution in [0.5, 0.6) is 0 Å². The maximum Gasteiger partial charge on any atom is 0.180 e. The highest BCUT2D eigenvalue weighted by Gasteiger charge is 2.26. The van der Waals surface area contributed by atoms with E-state index in [9.17, 15) is 5.11 Å². The minimum Gasteiger partial charge on any atom is -0.384 e. The third-order valence-electron chi connectivity index (χ3n) is 4.87. The Hall–Kier alpha value is -2.50. The molecule has 2 aromatic heterocycles. The van der Waals surface area contributed by atoms with Crippen LogP contribution in [0, 0.1) is 0 Å². The summed E-state index contributed by atoms with van der Waals surface area (Å²) < 4.78 is 0. The van der Waals surface area contributed by atoms with Crippen molar-refractivity contribution in [2.24, 2.45) is 0 Å². The first-order valence-corrected chi connectivity index (χ1v) is 9.44. The van der Waals surface area contributed by atoms with Gasteiger partial charge in [0.05, 0.1) is 0 Å². The number of pyridine rings is 1. The molecule has 0 saturated carbocycles. The summed E-state index contributed by atoms with van der Waals surface area (Å²) in [6.07, 6.45) is 4.69. The van der Waals surface area contributed by atoms with Crippen molar-refractivity contribution in [1.29, 1.82) is 0 Å². The van der Waals surface area contributed by atoms with Crippen LogP contribution in [0.25, 0.3) is 11.5 Å². The van der Waals surface area contributed by atoms with E-state index in [0.29, 0.717) is 17.4 Å². The predicted molar refractivity (Wildman–Crippen MR) is 107 cm³/mol. The lowest BCUT2D eigenvalue weighted by atomic mass is 9.96. The lowest BCUT2D eigenvalue weighted by Gasteiger charge is -2.25. The fraction of sp³-hybridized carbons (Fsp3) is 0.286. The third kappa shape index (κ3) is 3.80. The average molecular weight is 381 g/mol. The fourth-order valence-electron chi connectivity index (χ4n) is 3.37. The van der Waals surface area contributed by atoms with Crippen molar-refractivity contribution in [1.82, 2.24) is 15.0 Å². The van der Waals surface area contributed by atoms with E-state index >= 15 is 0 Å². The molecule has 4 rings (SSSR count). The molecule has 1 aliphatic rings. The molecular formula is C21H21ClN4O. The molecule has 1 aromatic carbocycles. The molecule has 0 fully saturated rings. The molecule has 1 atom stereocenters. The second kappa shape index (κ2) is 7.25. The maximum absolute atomic E-state index is 10.9. The van der Waals surface area contributed by atoms with Crippen LogP contribution in [0.1, 0.15) is 30.2 Å². The van der Waals surface area contributed by atoms with Gasteiger partial charge >= 0.3 is 0 Å². The number of nitrogens with one attached hydrogen (secondary N) is 1. The smallest absolute Gasteiger partial charge is 0.180 e. The highest BCUT2D eigenvalue weighted by molar-refractivity contribution is 6.30. The van der Waals surface area contributed by atoms with Crippen molar-refractivity contribution < 1.29 is 5.11 Å². The van der Waals surface area contributed by atoms with Gasteiger partial charge in [0.25, 0.3) is 0 Å². The van der Waals surface area contributed by atoms with Gasteiger partial charge in [-0.15, -0.1) is 0 Å². The summed E-state index contributed by atoms with van der Waals surface area (Å²) in [6.45, 7) is 2.09. The van der Waals surface area contributed by atoms with Gasteiger partial charge in [-0.05, 0) is 56.0 Å². The topological polar surface area (TPSA) is 70.9 Å². The number of aryl methyl sites for hydroxylation is 1. The van der Waals surface area contributed by atoms with Gasteiger partial charge in [-0.2, -0.15) is 0 Å². The van der Waals surface area contributed by atoms with Crippen LogP contribution >= 0.6 is 11.6 Å². The molecule has 2 N–H and O–H groups in total. The van der Waals surface area contributed by atoms with E-state index in [1.807, 2.05) is 30.3 Å². The van der Waals surface area contributed by atoms with Gasteiger partial charge in [-0.3, -0.25) is 4.98 Å². The normalized spacial score (nSPS) is 15.2. The van der Waals surface area contributed by atoms with Crippen molar-refractivity contribution >= 4 is 17.4 Å². The lowest BCUT2D eigenvalue weighted by Crippen LogP contribution is -2.31. The summed E-state index contributed by atoms with van der Waals surface area (Å²) in [7, 11) is 0. The van der Waals surface area contributed by atoms with Crippen LogP contribution in [0.2, 0.25) is 5.02 Å². The number of anilines is 1. The summed E-state index contributed by atoms with van der Waals surface area (Å²) in [6, 6.07) is 13.0. The first kappa shape index (κ1) is 17.9. The van der Waals surface area contributed by atoms with Crippen molar-refractivity contribution in [3.8, 4) is 11.5 Å². The first-order chi connectivity index (χ1) is 13.0. The molecule has 5 nitrogen and oxygen atoms in total. The van der Waals surface area contributed by atoms with Gasteiger partial charge < -0.3 is 10.4 Å². The molecule has 0 spiro atoms. The monoisotopic (exact) mass is 380 g/mol. The molecule has 1 aliphatic carbocycles. The van der Waals surface area contributed by atoms with Crippen LogP contribution in [-0.4, -0.2) is 26.6 Å². The van der Waals surface area contributed by atoms with Gasteiger partial charge in [-0.25, -0.2) is 9.97 Å². The number of rotatable bonds is 5. The molecule has 2 heterocycles. The zero-order valence-electron chi connectivity index (χ0n) is 15.1. The Balaban J connectivity index is 1.63. The number of hydrogen-bond acceptors (Lipinski definition) is 5. The maximum atomic E-state index is 10.9. The van der Waals surface area contributed by atoms with Gasteiger partial charge in [0.1, 0.15) is 17.1 Å². The third-order valence-corrected chi connectivity index (χ3v) is 5.11. The average Bonchev–Trinajstić information content (AvgIpc) is 3.15. The molecule has 0 saturated heterocycles. The molecule has 0 bridgehead atoms. The molecule has 0 radical (unpaired) electrons. The zero-order valence-corrected chi connectivity index (χ0v) is 15.9. The Morgan fingerprint density at radius 1 is 1.15 bits per heavy atom. The van der Waals surface area contributed by atoms with Crippen molar-refractivity contribution in [3.05, 3.63) is 70.5 Å². The van der Waals surface area contributed by atoms with Crippen LogP contribution in [-0.2, 0) is 18.4 Å². The van der Waals surface area contributed by atoms with Gasteiger partial charge in [0.15, 0.2) is 5.82 Å². The number of fused-ring (bicyclic) bond motifs is 1. The highest BCUT2D eigenvalue weighted by Crippen LogP contribution is 2.30. The van der Waals surface area contributed by atoms with Crippen molar-refractivity contribution in [3.63, 3.8) is 0 Å². The number of aliphatic hydroxyl groups is 1. The molecule has 0 amide bonds. The molecular weight excluding hydrogens is 360 g/mol. The van der Waals surface area contributed by atoms with Gasteiger partial charge in [-0.1, -0.05) is 29.8 Å². The van der Waals surface area contributed by atoms with Crippen molar-refractivity contribution in [2.75, 3.05) is 11.9 Å². The summed E-state index contributed by atoms with van der Waals surface area (Å²) in [5, 5.41) is 14.9. The van der Waals surface area contributed by atoms with Crippen molar-refractivity contribution in [2.45, 2.75) is 31.8 Å². The molecule has 3 aromatic rings. The van der Waals surface area contributed by atoms with E-state index in [-0.39, 0.29) is 0 Å². The van der Waals surface area contributed by atoms with Gasteiger partial charge in [0, 0.05) is 29.0 Å². The Morgan fingerprint density at radius 3 is 2.81 bits per heavy atom. The molecule has 6 heteroatoms. The van der Waals surface area contributed by atoms with E-state index < -0.39 is 5.60 Å². The molecule has 0 aliphatic heterocycles. The number of benzene rings is 1. The summed E-state index contributed by atoms with van der Waals surface area (Å²) in [5.41, 5.74) is 2.63. The molecule has 138 valence electrons. The fourth-order valence-corrected chi connectivity index (χ4v) is 3.56. The Labute approximate surface area is 163 Å². The van der Waals surface area contributed by atoms with Crippen LogP contribution < -0.4 is 5.32 Å². The SMILES string of the molecule is CC(O)(CNc1nc(-c2ccccn2)nc2c1CCC2)c1cccc(Cl)c1. The van der Waals surface area contributed by atoms with Gasteiger partial charge in [0.2, 0.25) is 0 Å². The van der Waals surface area contributed by atoms with Crippen LogP contribution in [0.15, 0.2) is 48.7 Å². The Morgan fingerprint density at radius 2 is 2.04 bits per heavy atom. The number of hydrogen-bond donors (Lipinski definition) is 2. The summed E-state index contributed by atoms with van der Waals surface area (Å²) in [5.74, 6) is 1.39. The summed E-state index contributed by atoms with van der Waals surface area (Å²) >= 11 is 6.07. The largest absolute Gasteiger partial charge is 0.384 e. The number of nitrogens with zero attached hydrogens (tertiary/aromatic N) is 3. The highest BCUT2D eigenvalue weighted by atomic mass is 35.5. The summed E-state index contributed by atoms with van der Waals surface area (Å²) in [4.78, 5) is 13.8. The quantitative estimate of drug-likeness (QED) is 0.700. The lowest BCUT2D eigenvalue weighted by molar-refractivity contribution is 0.0714. The minimum absolute atomic E-state index is 0.318. The van der Waals surface area contributed by atoms with E-state index in [1.165, 1.54) is 0 Å². The molecule has 1 unspecified atom stereocenters. The Bertz CT molecular complexity index is 960. The second-order valence-electron chi connectivity index (χ2n) is 7.03. The van der Waals surface area contributed by atoms with E-state index in [0.717, 1.165) is 47.6 Å². The second-order valence-corrected chi connectivity index (χ2v) is 7.46. The van der Waals surface area contributed by atoms with Crippen LogP contribution in [0.3, 0.4) is 0 Å². The van der Waals surface area contributed by atoms with Crippen LogP contribution in [0.4, 0.5) is 5.82 Å². The van der Waals surface area contributed by atoms with E-state index in [1.54, 1.807) is 25.3 Å². The first-order valence-electron chi connectivity index (χ1n) is 9.06. The minimum atomic E-state index is -1.08. The number of halogens is 1. The molecule has 27 heavy (non-hydrogen) atoms. The Kier molecular flexibility index (Phi) is 4.81. The standard InChI is InChI=1S/C21H21ClN4O/c1-21(27,14-6-4-7-15(22)12-14)13-24-19-16-8-5-10-17(16)25-20(26-19)18-9-2-3-11-23-18/h2-4,6-7,9,11-12,27H,5,8,10,13H2,1H3,(H,24,25,26). The van der Waals surface area contributed by atoms with E-state index in [4.69, 9.17) is 21.6 Å². The van der Waals surface area contributed by atoms with E-state index in [2.05, 4.69) is 10.3 Å².